The van der Waals surface area contributed by atoms with Crippen molar-refractivity contribution in [3.63, 3.8) is 0 Å². The van der Waals surface area contributed by atoms with Gasteiger partial charge >= 0.3 is 6.11 Å². The first-order valence-electron chi connectivity index (χ1n) is 11.7. The lowest BCUT2D eigenvalue weighted by atomic mass is 9.98. The number of aryl methyl sites for hydroxylation is 1. The molecule has 0 bridgehead atoms. The molecule has 39 heavy (non-hydrogen) atoms. The number of fused-ring (bicyclic) bond motifs is 1. The molecule has 0 aliphatic carbocycles. The molecule has 10 heteroatoms. The van der Waals surface area contributed by atoms with Crippen LogP contribution in [0.3, 0.4) is 0 Å². The molecule has 200 valence electrons. The number of benzene rings is 4. The van der Waals surface area contributed by atoms with Gasteiger partial charge in [0.25, 0.3) is 0 Å². The minimum absolute atomic E-state index is 0.184. The van der Waals surface area contributed by atoms with Crippen LogP contribution in [-0.4, -0.2) is 11.7 Å². The molecule has 0 amide bonds. The Morgan fingerprint density at radius 3 is 2.08 bits per heavy atom. The van der Waals surface area contributed by atoms with Crippen molar-refractivity contribution in [3.05, 3.63) is 107 Å². The average molecular weight is 562 g/mol. The fourth-order valence-electron chi connectivity index (χ4n) is 4.06. The lowest BCUT2D eigenvalue weighted by Crippen LogP contribution is -2.21. The summed E-state index contributed by atoms with van der Waals surface area (Å²) < 4.78 is 102. The smallest absolute Gasteiger partial charge is 0.427 e. The molecule has 2 nitrogen and oxygen atoms in total. The lowest BCUT2D eigenvalue weighted by molar-refractivity contribution is -0.185. The summed E-state index contributed by atoms with van der Waals surface area (Å²) in [7, 11) is 0. The van der Waals surface area contributed by atoms with E-state index in [2.05, 4.69) is 9.72 Å². The second kappa shape index (κ2) is 10.7. The maximum Gasteiger partial charge on any atom is 0.454 e. The molecular formula is C29H18F7NOS. The van der Waals surface area contributed by atoms with Gasteiger partial charge in [0.2, 0.25) is 5.01 Å². The molecule has 5 rings (SSSR count). The highest BCUT2D eigenvalue weighted by Gasteiger charge is 2.39. The highest BCUT2D eigenvalue weighted by atomic mass is 32.1. The van der Waals surface area contributed by atoms with Crippen LogP contribution < -0.4 is 4.74 Å². The molecule has 0 aliphatic rings. The highest BCUT2D eigenvalue weighted by Crippen LogP contribution is 2.39. The zero-order chi connectivity index (χ0) is 27.7. The van der Waals surface area contributed by atoms with E-state index in [1.807, 2.05) is 24.3 Å². The summed E-state index contributed by atoms with van der Waals surface area (Å²) in [6.45, 7) is -0.391. The number of thiazole rings is 1. The quantitative estimate of drug-likeness (QED) is 0.139. The summed E-state index contributed by atoms with van der Waals surface area (Å²) in [6.07, 6.45) is -3.02. The van der Waals surface area contributed by atoms with Crippen LogP contribution in [-0.2, 0) is 12.5 Å². The van der Waals surface area contributed by atoms with Crippen molar-refractivity contribution in [2.24, 2.45) is 0 Å². The monoisotopic (exact) mass is 561 g/mol. The molecule has 0 saturated carbocycles. The Morgan fingerprint density at radius 1 is 0.744 bits per heavy atom. The normalized spacial score (nSPS) is 11.8. The molecular weight excluding hydrogens is 543 g/mol. The molecule has 0 saturated heterocycles. The van der Waals surface area contributed by atoms with Gasteiger partial charge in [-0.2, -0.15) is 8.78 Å². The maximum absolute atomic E-state index is 15.1. The van der Waals surface area contributed by atoms with Crippen molar-refractivity contribution in [1.29, 1.82) is 0 Å². The summed E-state index contributed by atoms with van der Waals surface area (Å²) in [6, 6.07) is 17.2. The molecule has 4 aromatic carbocycles. The highest BCUT2D eigenvalue weighted by molar-refractivity contribution is 7.18. The number of nitrogens with zero attached hydrogens (tertiary/aromatic N) is 1. The van der Waals surface area contributed by atoms with Crippen molar-refractivity contribution >= 4 is 21.6 Å². The van der Waals surface area contributed by atoms with Crippen LogP contribution in [0.2, 0.25) is 0 Å². The van der Waals surface area contributed by atoms with Gasteiger partial charge in [0, 0.05) is 17.7 Å². The van der Waals surface area contributed by atoms with Gasteiger partial charge < -0.3 is 4.74 Å². The van der Waals surface area contributed by atoms with Gasteiger partial charge in [-0.15, -0.1) is 11.3 Å². The van der Waals surface area contributed by atoms with Crippen LogP contribution in [0.15, 0.2) is 72.8 Å². The molecule has 0 spiro atoms. The molecule has 0 fully saturated rings. The number of hydrogen-bond donors (Lipinski definition) is 0. The third-order valence-electron chi connectivity index (χ3n) is 6.01. The van der Waals surface area contributed by atoms with E-state index in [1.165, 1.54) is 24.3 Å². The Bertz CT molecular complexity index is 1630. The SMILES string of the molecule is FCCCc1ccc(-c2ccc(-c3ccc4nc(C(F)(F)Oc5cc(F)c(F)c(F)c5)sc4c3)c(F)c2)cc1. The minimum atomic E-state index is -4.07. The zero-order valence-corrected chi connectivity index (χ0v) is 20.8. The van der Waals surface area contributed by atoms with Gasteiger partial charge in [0.05, 0.1) is 16.9 Å². The molecule has 0 N–H and O–H groups in total. The van der Waals surface area contributed by atoms with Crippen molar-refractivity contribution in [2.75, 3.05) is 6.67 Å². The number of alkyl halides is 3. The van der Waals surface area contributed by atoms with Gasteiger partial charge in [-0.25, -0.2) is 22.5 Å². The summed E-state index contributed by atoms with van der Waals surface area (Å²) in [5, 5.41) is -0.800. The van der Waals surface area contributed by atoms with Gasteiger partial charge in [-0.3, -0.25) is 4.39 Å². The van der Waals surface area contributed by atoms with Gasteiger partial charge in [-0.05, 0) is 53.3 Å². The molecule has 1 heterocycles. The number of rotatable bonds is 8. The van der Waals surface area contributed by atoms with E-state index < -0.39 is 46.8 Å². The molecule has 0 aliphatic heterocycles. The van der Waals surface area contributed by atoms with Crippen LogP contribution in [0.4, 0.5) is 30.7 Å². The Hall–Kier alpha value is -3.92. The van der Waals surface area contributed by atoms with E-state index in [0.717, 1.165) is 11.1 Å². The van der Waals surface area contributed by atoms with E-state index in [4.69, 9.17) is 0 Å². The van der Waals surface area contributed by atoms with Gasteiger partial charge in [-0.1, -0.05) is 42.5 Å². The topological polar surface area (TPSA) is 22.1 Å². The lowest BCUT2D eigenvalue weighted by Gasteiger charge is -2.15. The average Bonchev–Trinajstić information content (AvgIpc) is 3.35. The fraction of sp³-hybridized carbons (Fsp3) is 0.138. The van der Waals surface area contributed by atoms with E-state index in [0.29, 0.717) is 52.1 Å². The Balaban J connectivity index is 1.39. The van der Waals surface area contributed by atoms with Crippen LogP contribution in [0.1, 0.15) is 17.0 Å². The predicted molar refractivity (Wildman–Crippen MR) is 136 cm³/mol. The van der Waals surface area contributed by atoms with Crippen LogP contribution in [0.25, 0.3) is 32.5 Å². The number of hydrogen-bond acceptors (Lipinski definition) is 3. The van der Waals surface area contributed by atoms with E-state index in [9.17, 15) is 26.3 Å². The van der Waals surface area contributed by atoms with Crippen molar-refractivity contribution < 1.29 is 35.5 Å². The first kappa shape index (κ1) is 26.7. The summed E-state index contributed by atoms with van der Waals surface area (Å²) >= 11 is 0.563. The van der Waals surface area contributed by atoms with Gasteiger partial charge in [0.1, 0.15) is 11.6 Å². The van der Waals surface area contributed by atoms with Crippen LogP contribution >= 0.6 is 11.3 Å². The summed E-state index contributed by atoms with van der Waals surface area (Å²) in [4.78, 5) is 3.85. The van der Waals surface area contributed by atoms with Gasteiger partial charge in [0.15, 0.2) is 17.5 Å². The number of aromatic nitrogens is 1. The van der Waals surface area contributed by atoms with Crippen molar-refractivity contribution in [3.8, 4) is 28.0 Å². The van der Waals surface area contributed by atoms with E-state index in [1.54, 1.807) is 12.1 Å². The first-order chi connectivity index (χ1) is 18.6. The third kappa shape index (κ3) is 5.61. The minimum Gasteiger partial charge on any atom is -0.427 e. The van der Waals surface area contributed by atoms with E-state index in [-0.39, 0.29) is 11.1 Å². The molecule has 0 atom stereocenters. The number of ether oxygens (including phenoxy) is 1. The summed E-state index contributed by atoms with van der Waals surface area (Å²) in [5.41, 5.74) is 3.27. The number of halogens is 7. The predicted octanol–water partition coefficient (Wildman–Crippen LogP) is 9.22. The Labute approximate surface area is 222 Å². The third-order valence-corrected chi connectivity index (χ3v) is 7.08. The fourth-order valence-corrected chi connectivity index (χ4v) is 4.98. The second-order valence-electron chi connectivity index (χ2n) is 8.71. The van der Waals surface area contributed by atoms with Crippen molar-refractivity contribution in [1.82, 2.24) is 4.98 Å². The molecule has 0 unspecified atom stereocenters. The van der Waals surface area contributed by atoms with Crippen LogP contribution in [0, 0.1) is 23.3 Å². The zero-order valence-electron chi connectivity index (χ0n) is 20.0. The summed E-state index contributed by atoms with van der Waals surface area (Å²) in [5.74, 6) is -6.58. The largest absolute Gasteiger partial charge is 0.454 e. The Kier molecular flexibility index (Phi) is 7.31. The Morgan fingerprint density at radius 2 is 1.41 bits per heavy atom. The standard InChI is InChI=1S/C29H18F7NOS/c30-11-1-2-16-3-5-17(6-4-16)18-7-9-21(22(31)12-18)19-8-10-25-26(13-19)39-28(37-25)29(35,36)38-20-14-23(32)27(34)24(33)15-20/h3-10,12-15H,1-2,11H2. The molecule has 5 aromatic rings. The molecule has 1 aromatic heterocycles. The van der Waals surface area contributed by atoms with Crippen LogP contribution in [0.5, 0.6) is 5.75 Å². The molecule has 0 radical (unpaired) electrons. The first-order valence-corrected chi connectivity index (χ1v) is 12.5. The van der Waals surface area contributed by atoms with E-state index >= 15 is 4.39 Å². The second-order valence-corrected chi connectivity index (χ2v) is 9.74. The van der Waals surface area contributed by atoms with Crippen molar-refractivity contribution in [2.45, 2.75) is 19.0 Å². The maximum atomic E-state index is 15.1.